The zero-order chi connectivity index (χ0) is 23.1. The van der Waals surface area contributed by atoms with Gasteiger partial charge in [0, 0.05) is 17.7 Å². The maximum atomic E-state index is 13.7. The molecule has 0 spiro atoms. The van der Waals surface area contributed by atoms with Gasteiger partial charge in [-0.15, -0.1) is 0 Å². The van der Waals surface area contributed by atoms with Crippen LogP contribution in [-0.2, 0) is 16.2 Å². The minimum absolute atomic E-state index is 0.00260. The number of unbranched alkanes of at least 4 members (excludes halogenated alkanes) is 2. The molecular weight excluding hydrogens is 407 g/mol. The van der Waals surface area contributed by atoms with E-state index >= 15 is 0 Å². The second-order valence-corrected chi connectivity index (χ2v) is 7.59. The second-order valence-electron chi connectivity index (χ2n) is 7.59. The highest BCUT2D eigenvalue weighted by atomic mass is 19.1. The fraction of sp³-hybridized carbons (Fsp3) is 0.269. The molecule has 0 aliphatic carbocycles. The first-order valence-corrected chi connectivity index (χ1v) is 10.6. The molecule has 1 aliphatic heterocycles. The lowest BCUT2D eigenvalue weighted by Gasteiger charge is -2.27. The Hall–Kier alpha value is -3.72. The fourth-order valence-electron chi connectivity index (χ4n) is 3.46. The van der Waals surface area contributed by atoms with Gasteiger partial charge >= 0.3 is 0 Å². The lowest BCUT2D eigenvalue weighted by molar-refractivity contribution is -0.140. The summed E-state index contributed by atoms with van der Waals surface area (Å²) in [5, 5.41) is 9.46. The molecule has 0 fully saturated rings. The third-order valence-electron chi connectivity index (χ3n) is 5.35. The van der Waals surface area contributed by atoms with Gasteiger partial charge in [-0.25, -0.2) is 4.39 Å². The van der Waals surface area contributed by atoms with Crippen molar-refractivity contribution in [2.75, 3.05) is 6.54 Å². The van der Waals surface area contributed by atoms with Gasteiger partial charge in [0.05, 0.1) is 0 Å². The van der Waals surface area contributed by atoms with Crippen molar-refractivity contribution in [1.82, 2.24) is 4.90 Å². The van der Waals surface area contributed by atoms with Gasteiger partial charge in [-0.05, 0) is 48.8 Å². The van der Waals surface area contributed by atoms with Crippen molar-refractivity contribution in [3.63, 3.8) is 0 Å². The lowest BCUT2D eigenvalue weighted by atomic mass is 9.93. The minimum Gasteiger partial charge on any atom is -0.489 e. The molecule has 0 saturated carbocycles. The van der Waals surface area contributed by atoms with Crippen LogP contribution in [0.5, 0.6) is 5.75 Å². The van der Waals surface area contributed by atoms with Crippen LogP contribution in [0.2, 0.25) is 0 Å². The number of rotatable bonds is 8. The van der Waals surface area contributed by atoms with E-state index in [0.717, 1.165) is 18.4 Å². The summed E-state index contributed by atoms with van der Waals surface area (Å²) < 4.78 is 19.4. The zero-order valence-electron chi connectivity index (χ0n) is 18.2. The number of ether oxygens (including phenoxy) is 1. The number of benzene rings is 2. The maximum Gasteiger partial charge on any atom is 0.271 e. The van der Waals surface area contributed by atoms with E-state index in [1.807, 2.05) is 13.0 Å². The van der Waals surface area contributed by atoms with Crippen molar-refractivity contribution in [3.8, 4) is 11.8 Å². The topological polar surface area (TPSA) is 70.4 Å². The first kappa shape index (κ1) is 23.0. The summed E-state index contributed by atoms with van der Waals surface area (Å²) in [7, 11) is 0. The number of imide groups is 1. The second kappa shape index (κ2) is 10.5. The van der Waals surface area contributed by atoms with Crippen molar-refractivity contribution in [1.29, 1.82) is 5.26 Å². The largest absolute Gasteiger partial charge is 0.489 e. The Kier molecular flexibility index (Phi) is 7.56. The summed E-state index contributed by atoms with van der Waals surface area (Å²) in [6.07, 6.45) is 4.24. The van der Waals surface area contributed by atoms with Gasteiger partial charge in [0.1, 0.15) is 29.8 Å². The SMILES string of the molecule is CCCCCN1C(=O)C(C#N)=C(C)/C(=C\c2ccc(OCc3ccccc3F)cc2)C1=O. The van der Waals surface area contributed by atoms with Crippen molar-refractivity contribution < 1.29 is 18.7 Å². The summed E-state index contributed by atoms with van der Waals surface area (Å²) in [5.41, 5.74) is 1.90. The molecule has 0 unspecified atom stereocenters. The highest BCUT2D eigenvalue weighted by Crippen LogP contribution is 2.28. The number of nitrogens with zero attached hydrogens (tertiary/aromatic N) is 2. The first-order valence-electron chi connectivity index (χ1n) is 10.6. The van der Waals surface area contributed by atoms with Crippen LogP contribution in [0.1, 0.15) is 44.2 Å². The third kappa shape index (κ3) is 5.12. The van der Waals surface area contributed by atoms with Gasteiger partial charge < -0.3 is 4.74 Å². The van der Waals surface area contributed by atoms with Crippen LogP contribution >= 0.6 is 0 Å². The van der Waals surface area contributed by atoms with Crippen molar-refractivity contribution in [2.45, 2.75) is 39.7 Å². The Bertz CT molecular complexity index is 1110. The van der Waals surface area contributed by atoms with E-state index < -0.39 is 5.91 Å². The molecule has 164 valence electrons. The summed E-state index contributed by atoms with van der Waals surface area (Å²) in [6, 6.07) is 15.4. The number of hydrogen-bond donors (Lipinski definition) is 0. The van der Waals surface area contributed by atoms with Crippen LogP contribution in [0.15, 0.2) is 65.3 Å². The van der Waals surface area contributed by atoms with Gasteiger partial charge in [-0.3, -0.25) is 14.5 Å². The lowest BCUT2D eigenvalue weighted by Crippen LogP contribution is -2.43. The zero-order valence-corrected chi connectivity index (χ0v) is 18.2. The van der Waals surface area contributed by atoms with Gasteiger partial charge in [0.25, 0.3) is 11.8 Å². The average Bonchev–Trinajstić information content (AvgIpc) is 2.79. The van der Waals surface area contributed by atoms with E-state index in [9.17, 15) is 19.2 Å². The molecule has 2 aromatic carbocycles. The van der Waals surface area contributed by atoms with Crippen LogP contribution in [-0.4, -0.2) is 23.3 Å². The van der Waals surface area contributed by atoms with Crippen LogP contribution in [0, 0.1) is 17.1 Å². The van der Waals surface area contributed by atoms with E-state index in [4.69, 9.17) is 4.74 Å². The van der Waals surface area contributed by atoms with Crippen molar-refractivity contribution >= 4 is 17.9 Å². The molecular formula is C26H25FN2O3. The number of carbonyl (C=O) groups excluding carboxylic acids is 2. The van der Waals surface area contributed by atoms with E-state index in [1.54, 1.807) is 55.5 Å². The van der Waals surface area contributed by atoms with Gasteiger partial charge in [-0.2, -0.15) is 5.26 Å². The van der Waals surface area contributed by atoms with E-state index in [2.05, 4.69) is 0 Å². The molecule has 0 bridgehead atoms. The highest BCUT2D eigenvalue weighted by Gasteiger charge is 2.34. The summed E-state index contributed by atoms with van der Waals surface area (Å²) >= 11 is 0. The Balaban J connectivity index is 1.80. The fourth-order valence-corrected chi connectivity index (χ4v) is 3.46. The molecule has 5 nitrogen and oxygen atoms in total. The molecule has 0 aromatic heterocycles. The minimum atomic E-state index is -0.528. The smallest absolute Gasteiger partial charge is 0.271 e. The summed E-state index contributed by atoms with van der Waals surface area (Å²) in [4.78, 5) is 26.7. The van der Waals surface area contributed by atoms with E-state index in [1.165, 1.54) is 11.0 Å². The number of carbonyl (C=O) groups is 2. The number of nitriles is 1. The molecule has 1 aliphatic rings. The maximum absolute atomic E-state index is 13.7. The molecule has 0 radical (unpaired) electrons. The molecule has 32 heavy (non-hydrogen) atoms. The molecule has 1 heterocycles. The number of hydrogen-bond acceptors (Lipinski definition) is 4. The van der Waals surface area contributed by atoms with Gasteiger partial charge in [0.15, 0.2) is 0 Å². The first-order chi connectivity index (χ1) is 15.5. The standard InChI is InChI=1S/C26H25FN2O3/c1-3-4-7-14-29-25(30)22(18(2)23(16-28)26(29)31)15-19-10-12-21(13-11-19)32-17-20-8-5-6-9-24(20)27/h5-6,8-13,15H,3-4,7,14,17H2,1-2H3/b22-15+. The predicted molar refractivity (Wildman–Crippen MR) is 120 cm³/mol. The number of halogens is 1. The Morgan fingerprint density at radius 2 is 1.78 bits per heavy atom. The quantitative estimate of drug-likeness (QED) is 0.327. The summed E-state index contributed by atoms with van der Waals surface area (Å²) in [6.45, 7) is 4.06. The predicted octanol–water partition coefficient (Wildman–Crippen LogP) is 5.19. The molecule has 0 atom stereocenters. The Morgan fingerprint density at radius 1 is 1.06 bits per heavy atom. The highest BCUT2D eigenvalue weighted by molar-refractivity contribution is 6.19. The van der Waals surface area contributed by atoms with E-state index in [0.29, 0.717) is 35.4 Å². The summed E-state index contributed by atoms with van der Waals surface area (Å²) in [5.74, 6) is -0.674. The van der Waals surface area contributed by atoms with Crippen LogP contribution in [0.25, 0.3) is 6.08 Å². The monoisotopic (exact) mass is 432 g/mol. The molecule has 0 N–H and O–H groups in total. The van der Waals surface area contributed by atoms with Crippen molar-refractivity contribution in [2.24, 2.45) is 0 Å². The van der Waals surface area contributed by atoms with Crippen LogP contribution < -0.4 is 4.74 Å². The molecule has 2 amide bonds. The molecule has 0 saturated heterocycles. The average molecular weight is 432 g/mol. The Labute approximate surface area is 187 Å². The van der Waals surface area contributed by atoms with E-state index in [-0.39, 0.29) is 23.9 Å². The normalized spacial score (nSPS) is 15.3. The van der Waals surface area contributed by atoms with Gasteiger partial charge in [0.2, 0.25) is 0 Å². The van der Waals surface area contributed by atoms with Crippen LogP contribution in [0.3, 0.4) is 0 Å². The third-order valence-corrected chi connectivity index (χ3v) is 5.35. The van der Waals surface area contributed by atoms with Gasteiger partial charge in [-0.1, -0.05) is 50.1 Å². The number of amides is 2. The van der Waals surface area contributed by atoms with Crippen molar-refractivity contribution in [3.05, 3.63) is 82.2 Å². The molecule has 6 heteroatoms. The van der Waals surface area contributed by atoms with Crippen LogP contribution in [0.4, 0.5) is 4.39 Å². The Morgan fingerprint density at radius 3 is 2.44 bits per heavy atom. The molecule has 3 rings (SSSR count). The molecule has 2 aromatic rings.